The van der Waals surface area contributed by atoms with E-state index in [1.807, 2.05) is 0 Å². The predicted octanol–water partition coefficient (Wildman–Crippen LogP) is 2.63. The van der Waals surface area contributed by atoms with Crippen LogP contribution < -0.4 is 0 Å². The lowest BCUT2D eigenvalue weighted by molar-refractivity contribution is -0.135. The number of rotatable bonds is 1. The molecule has 122 valence electrons. The molecular weight excluding hydrogens is 272 g/mol. The molecule has 0 spiro atoms. The number of aliphatic hydroxyl groups is 1. The van der Waals surface area contributed by atoms with E-state index in [0.717, 1.165) is 25.3 Å². The monoisotopic (exact) mass is 300 g/mol. The van der Waals surface area contributed by atoms with E-state index < -0.39 is 11.9 Å². The number of carboxylic acids is 1. The van der Waals surface area contributed by atoms with E-state index in [4.69, 9.17) is 9.90 Å². The van der Waals surface area contributed by atoms with Gasteiger partial charge in [-0.3, -0.25) is 4.79 Å². The Balaban J connectivity index is 0.000000342. The average Bonchev–Trinajstić information content (AvgIpc) is 2.71. The molecule has 0 aromatic heterocycles. The van der Waals surface area contributed by atoms with Crippen LogP contribution >= 0.6 is 0 Å². The highest BCUT2D eigenvalue weighted by Gasteiger charge is 2.60. The highest BCUT2D eigenvalue weighted by Crippen LogP contribution is 2.65. The van der Waals surface area contributed by atoms with Crippen molar-refractivity contribution in [2.75, 3.05) is 7.11 Å². The molecule has 3 unspecified atom stereocenters. The smallest absolute Gasteiger partial charge is 0.329 e. The van der Waals surface area contributed by atoms with Crippen LogP contribution in [0, 0.1) is 16.7 Å². The summed E-state index contributed by atoms with van der Waals surface area (Å²) in [7, 11) is 1.31. The second-order valence-corrected chi connectivity index (χ2v) is 6.37. The van der Waals surface area contributed by atoms with Crippen molar-refractivity contribution in [2.45, 2.75) is 53.1 Å². The molecule has 2 aliphatic carbocycles. The molecule has 0 radical (unpaired) electrons. The summed E-state index contributed by atoms with van der Waals surface area (Å²) in [6.45, 7) is 11.1. The Kier molecular flexibility index (Phi) is 7.10. The molecule has 2 saturated carbocycles. The third-order valence-corrected chi connectivity index (χ3v) is 5.12. The molecular formula is C16H28O5. The molecule has 2 bridgehead atoms. The summed E-state index contributed by atoms with van der Waals surface area (Å²) in [6, 6.07) is 0. The van der Waals surface area contributed by atoms with Crippen LogP contribution in [0.1, 0.15) is 47.0 Å². The lowest BCUT2D eigenvalue weighted by Crippen LogP contribution is -2.35. The SMILES string of the molecule is C=CC(=O)OC.CC(=O)O.CC1(C)C2CCC1(C)C(O)C2. The van der Waals surface area contributed by atoms with Gasteiger partial charge in [0.15, 0.2) is 0 Å². The molecule has 3 atom stereocenters. The highest BCUT2D eigenvalue weighted by molar-refractivity contribution is 5.80. The van der Waals surface area contributed by atoms with Crippen LogP contribution in [0.5, 0.6) is 0 Å². The van der Waals surface area contributed by atoms with Gasteiger partial charge in [-0.15, -0.1) is 0 Å². The summed E-state index contributed by atoms with van der Waals surface area (Å²) in [5, 5.41) is 17.2. The molecule has 2 fully saturated rings. The van der Waals surface area contributed by atoms with Crippen molar-refractivity contribution in [3.63, 3.8) is 0 Å². The van der Waals surface area contributed by atoms with Gasteiger partial charge in [0.2, 0.25) is 0 Å². The van der Waals surface area contributed by atoms with E-state index in [9.17, 15) is 9.90 Å². The fraction of sp³-hybridized carbons (Fsp3) is 0.750. The molecule has 21 heavy (non-hydrogen) atoms. The van der Waals surface area contributed by atoms with Crippen LogP contribution in [-0.4, -0.2) is 35.4 Å². The number of carbonyl (C=O) groups is 2. The fourth-order valence-corrected chi connectivity index (χ4v) is 3.24. The zero-order valence-corrected chi connectivity index (χ0v) is 13.7. The van der Waals surface area contributed by atoms with E-state index in [-0.39, 0.29) is 11.5 Å². The van der Waals surface area contributed by atoms with Gasteiger partial charge in [0, 0.05) is 13.0 Å². The molecule has 0 aromatic rings. The van der Waals surface area contributed by atoms with E-state index in [1.54, 1.807) is 0 Å². The fourth-order valence-electron chi connectivity index (χ4n) is 3.24. The van der Waals surface area contributed by atoms with E-state index >= 15 is 0 Å². The molecule has 2 aliphatic rings. The number of hydrogen-bond acceptors (Lipinski definition) is 4. The van der Waals surface area contributed by atoms with Crippen LogP contribution in [-0.2, 0) is 14.3 Å². The van der Waals surface area contributed by atoms with E-state index in [2.05, 4.69) is 32.1 Å². The van der Waals surface area contributed by atoms with Crippen molar-refractivity contribution >= 4 is 11.9 Å². The maximum absolute atomic E-state index is 9.84. The second kappa shape index (κ2) is 7.59. The molecule has 0 saturated heterocycles. The predicted molar refractivity (Wildman–Crippen MR) is 80.8 cm³/mol. The highest BCUT2D eigenvalue weighted by atomic mass is 16.5. The first-order chi connectivity index (χ1) is 9.52. The average molecular weight is 300 g/mol. The zero-order valence-electron chi connectivity index (χ0n) is 13.7. The standard InChI is InChI=1S/C10H18O.C4H6O2.C2H4O2/c1-9(2)7-4-5-10(9,3)8(11)6-7;1-3-4(5)6-2;1-2(3)4/h7-8,11H,4-6H2,1-3H3;3H,1H2,2H3;1H3,(H,3,4). The largest absolute Gasteiger partial charge is 0.481 e. The number of esters is 1. The Bertz CT molecular complexity index is 384. The van der Waals surface area contributed by atoms with Crippen molar-refractivity contribution in [1.29, 1.82) is 0 Å². The van der Waals surface area contributed by atoms with Crippen LogP contribution in [0.25, 0.3) is 0 Å². The number of ether oxygens (including phenoxy) is 1. The van der Waals surface area contributed by atoms with Crippen LogP contribution in [0.3, 0.4) is 0 Å². The topological polar surface area (TPSA) is 83.8 Å². The quantitative estimate of drug-likeness (QED) is 0.574. The van der Waals surface area contributed by atoms with Gasteiger partial charge < -0.3 is 14.9 Å². The minimum Gasteiger partial charge on any atom is -0.481 e. The Labute approximate surface area is 127 Å². The summed E-state index contributed by atoms with van der Waals surface area (Å²) in [6.07, 6.45) is 4.69. The molecule has 5 heteroatoms. The lowest BCUT2D eigenvalue weighted by atomic mass is 9.70. The molecule has 5 nitrogen and oxygen atoms in total. The number of hydrogen-bond donors (Lipinski definition) is 2. The normalized spacial score (nSPS) is 31.1. The van der Waals surface area contributed by atoms with Crippen molar-refractivity contribution in [3.8, 4) is 0 Å². The number of fused-ring (bicyclic) bond motifs is 2. The van der Waals surface area contributed by atoms with Crippen molar-refractivity contribution in [3.05, 3.63) is 12.7 Å². The second-order valence-electron chi connectivity index (χ2n) is 6.37. The van der Waals surface area contributed by atoms with E-state index in [1.165, 1.54) is 20.0 Å². The van der Waals surface area contributed by atoms with Crippen LogP contribution in [0.15, 0.2) is 12.7 Å². The molecule has 2 N–H and O–H groups in total. The number of carbonyl (C=O) groups excluding carboxylic acids is 1. The summed E-state index contributed by atoms with van der Waals surface area (Å²) in [5.74, 6) is -0.447. The van der Waals surface area contributed by atoms with Gasteiger partial charge in [-0.25, -0.2) is 4.79 Å². The summed E-state index contributed by atoms with van der Waals surface area (Å²) >= 11 is 0. The van der Waals surface area contributed by atoms with Gasteiger partial charge in [0.1, 0.15) is 0 Å². The first kappa shape index (κ1) is 19.6. The Morgan fingerprint density at radius 3 is 1.90 bits per heavy atom. The molecule has 0 aliphatic heterocycles. The Hall–Kier alpha value is -1.36. The Morgan fingerprint density at radius 2 is 1.81 bits per heavy atom. The third-order valence-electron chi connectivity index (χ3n) is 5.12. The number of aliphatic hydroxyl groups excluding tert-OH is 1. The lowest BCUT2D eigenvalue weighted by Gasteiger charge is -2.36. The van der Waals surface area contributed by atoms with Gasteiger partial charge in [-0.05, 0) is 36.0 Å². The van der Waals surface area contributed by atoms with Gasteiger partial charge in [-0.1, -0.05) is 27.4 Å². The minimum atomic E-state index is -0.833. The van der Waals surface area contributed by atoms with Crippen LogP contribution in [0.2, 0.25) is 0 Å². The first-order valence-electron chi connectivity index (χ1n) is 7.10. The molecule has 0 aromatic carbocycles. The maximum Gasteiger partial charge on any atom is 0.329 e. The van der Waals surface area contributed by atoms with Crippen LogP contribution in [0.4, 0.5) is 0 Å². The summed E-state index contributed by atoms with van der Waals surface area (Å²) in [5.41, 5.74) is 0.601. The number of methoxy groups -OCH3 is 1. The summed E-state index contributed by atoms with van der Waals surface area (Å²) in [4.78, 5) is 18.8. The summed E-state index contributed by atoms with van der Waals surface area (Å²) < 4.78 is 4.14. The van der Waals surface area contributed by atoms with Crippen molar-refractivity contribution in [1.82, 2.24) is 0 Å². The van der Waals surface area contributed by atoms with Crippen molar-refractivity contribution < 1.29 is 24.5 Å². The Morgan fingerprint density at radius 1 is 1.33 bits per heavy atom. The first-order valence-corrected chi connectivity index (χ1v) is 7.10. The third kappa shape index (κ3) is 4.56. The van der Waals surface area contributed by atoms with Gasteiger partial charge in [0.05, 0.1) is 13.2 Å². The minimum absolute atomic E-state index is 0.0313. The van der Waals surface area contributed by atoms with Crippen molar-refractivity contribution in [2.24, 2.45) is 16.7 Å². The van der Waals surface area contributed by atoms with Gasteiger partial charge in [-0.2, -0.15) is 0 Å². The van der Waals surface area contributed by atoms with E-state index in [0.29, 0.717) is 5.41 Å². The maximum atomic E-state index is 9.84. The molecule has 0 amide bonds. The van der Waals surface area contributed by atoms with Gasteiger partial charge in [0.25, 0.3) is 5.97 Å². The molecule has 2 rings (SSSR count). The zero-order chi connectivity index (χ0) is 16.8. The van der Waals surface area contributed by atoms with Gasteiger partial charge >= 0.3 is 5.97 Å². The number of aliphatic carboxylic acids is 1. The molecule has 0 heterocycles. The number of carboxylic acid groups (broad SMARTS) is 1.